The number of hydrogen-bond acceptors (Lipinski definition) is 4. The summed E-state index contributed by atoms with van der Waals surface area (Å²) in [6.45, 7) is 3.56. The van der Waals surface area contributed by atoms with E-state index in [2.05, 4.69) is 15.5 Å². The van der Waals surface area contributed by atoms with Crippen molar-refractivity contribution >= 4 is 17.4 Å². The van der Waals surface area contributed by atoms with Crippen LogP contribution in [0.25, 0.3) is 0 Å². The maximum atomic E-state index is 13.3. The normalized spacial score (nSPS) is 19.9. The van der Waals surface area contributed by atoms with Crippen LogP contribution in [0.5, 0.6) is 0 Å². The van der Waals surface area contributed by atoms with Crippen LogP contribution in [0.2, 0.25) is 0 Å². The minimum absolute atomic E-state index is 0.258. The van der Waals surface area contributed by atoms with Crippen LogP contribution >= 0.6 is 0 Å². The van der Waals surface area contributed by atoms with Crippen LogP contribution in [0, 0.1) is 12.7 Å². The summed E-state index contributed by atoms with van der Waals surface area (Å²) >= 11 is 0. The van der Waals surface area contributed by atoms with Crippen LogP contribution in [0.4, 0.5) is 10.2 Å². The van der Waals surface area contributed by atoms with E-state index in [1.54, 1.807) is 31.3 Å². The lowest BCUT2D eigenvalue weighted by Gasteiger charge is -2.20. The summed E-state index contributed by atoms with van der Waals surface area (Å²) < 4.78 is 13.3. The van der Waals surface area contributed by atoms with Crippen molar-refractivity contribution < 1.29 is 14.0 Å². The Kier molecular flexibility index (Phi) is 3.82. The Labute approximate surface area is 133 Å². The summed E-state index contributed by atoms with van der Waals surface area (Å²) in [5, 5.41) is 6.66. The molecule has 0 spiro atoms. The first-order chi connectivity index (χ1) is 11.0. The molecule has 2 heterocycles. The number of carbonyl (C=O) groups excluding carboxylic acids is 1. The molecule has 1 aromatic heterocycles. The van der Waals surface area contributed by atoms with Gasteiger partial charge in [-0.1, -0.05) is 23.4 Å². The predicted octanol–water partition coefficient (Wildman–Crippen LogP) is 3.05. The lowest BCUT2D eigenvalue weighted by molar-refractivity contribution is -0.135. The molecule has 2 aromatic rings. The highest BCUT2D eigenvalue weighted by Gasteiger charge is 2.42. The molecule has 0 saturated carbocycles. The summed E-state index contributed by atoms with van der Waals surface area (Å²) in [6.07, 6.45) is 1.93. The monoisotopic (exact) mass is 313 g/mol. The van der Waals surface area contributed by atoms with Crippen molar-refractivity contribution in [3.05, 3.63) is 59.5 Å². The second-order valence-electron chi connectivity index (χ2n) is 5.72. The van der Waals surface area contributed by atoms with E-state index in [9.17, 15) is 9.18 Å². The average molecular weight is 313 g/mol. The molecular formula is C17H16FN3O2. The van der Waals surface area contributed by atoms with Crippen LogP contribution in [-0.2, 0) is 9.63 Å². The molecule has 1 amide bonds. The average Bonchev–Trinajstić information content (AvgIpc) is 2.93. The zero-order chi connectivity index (χ0) is 16.4. The fourth-order valence-corrected chi connectivity index (χ4v) is 2.27. The van der Waals surface area contributed by atoms with Gasteiger partial charge >= 0.3 is 0 Å². The van der Waals surface area contributed by atoms with Gasteiger partial charge < -0.3 is 10.2 Å². The molecule has 6 heteroatoms. The molecule has 1 aromatic carbocycles. The topological polar surface area (TPSA) is 63.6 Å². The number of nitrogens with zero attached hydrogens (tertiary/aromatic N) is 2. The molecule has 23 heavy (non-hydrogen) atoms. The Morgan fingerprint density at radius 2 is 2.17 bits per heavy atom. The van der Waals surface area contributed by atoms with Crippen molar-refractivity contribution in [2.45, 2.75) is 25.9 Å². The molecule has 1 aliphatic heterocycles. The molecule has 5 nitrogen and oxygen atoms in total. The van der Waals surface area contributed by atoms with Gasteiger partial charge in [0.1, 0.15) is 11.6 Å². The quantitative estimate of drug-likeness (QED) is 0.947. The van der Waals surface area contributed by atoms with Crippen molar-refractivity contribution in [2.24, 2.45) is 5.16 Å². The Bertz CT molecular complexity index is 774. The number of halogens is 1. The molecule has 0 aliphatic carbocycles. The summed E-state index contributed by atoms with van der Waals surface area (Å²) in [4.78, 5) is 21.9. The van der Waals surface area contributed by atoms with E-state index >= 15 is 0 Å². The zero-order valence-corrected chi connectivity index (χ0v) is 12.8. The summed E-state index contributed by atoms with van der Waals surface area (Å²) in [5.41, 5.74) is 1.01. The van der Waals surface area contributed by atoms with Gasteiger partial charge in [-0.05, 0) is 37.6 Å². The number of aromatic nitrogens is 1. The molecule has 118 valence electrons. The van der Waals surface area contributed by atoms with E-state index in [1.807, 2.05) is 13.0 Å². The molecule has 3 rings (SSSR count). The van der Waals surface area contributed by atoms with Gasteiger partial charge in [-0.25, -0.2) is 9.37 Å². The number of anilines is 1. The van der Waals surface area contributed by atoms with Gasteiger partial charge in [-0.15, -0.1) is 0 Å². The SMILES string of the molecule is Cc1ccc(NC(=O)[C@]2(C)CC(c3cccc(F)c3)=NO2)nc1. The first-order valence-corrected chi connectivity index (χ1v) is 7.21. The summed E-state index contributed by atoms with van der Waals surface area (Å²) in [7, 11) is 0. The zero-order valence-electron chi connectivity index (χ0n) is 12.8. The van der Waals surface area contributed by atoms with E-state index in [0.29, 0.717) is 17.1 Å². The van der Waals surface area contributed by atoms with Crippen LogP contribution in [0.15, 0.2) is 47.8 Å². The smallest absolute Gasteiger partial charge is 0.272 e. The summed E-state index contributed by atoms with van der Waals surface area (Å²) in [5.74, 6) is -0.249. The third kappa shape index (κ3) is 3.21. The maximum Gasteiger partial charge on any atom is 0.272 e. The molecule has 1 aliphatic rings. The van der Waals surface area contributed by atoms with Crippen LogP contribution in [0.3, 0.4) is 0 Å². The van der Waals surface area contributed by atoms with Crippen LogP contribution < -0.4 is 5.32 Å². The minimum Gasteiger partial charge on any atom is -0.379 e. The molecule has 0 fully saturated rings. The number of carbonyl (C=O) groups is 1. The molecule has 1 atom stereocenters. The highest BCUT2D eigenvalue weighted by atomic mass is 19.1. The Morgan fingerprint density at radius 1 is 1.35 bits per heavy atom. The first kappa shape index (κ1) is 15.1. The Balaban J connectivity index is 1.71. The number of pyridine rings is 1. The largest absolute Gasteiger partial charge is 0.379 e. The molecule has 0 saturated heterocycles. The molecular weight excluding hydrogens is 297 g/mol. The predicted molar refractivity (Wildman–Crippen MR) is 84.6 cm³/mol. The van der Waals surface area contributed by atoms with Gasteiger partial charge in [0.2, 0.25) is 5.60 Å². The van der Waals surface area contributed by atoms with E-state index in [0.717, 1.165) is 5.56 Å². The van der Waals surface area contributed by atoms with Gasteiger partial charge in [-0.3, -0.25) is 4.79 Å². The fraction of sp³-hybridized carbons (Fsp3) is 0.235. The summed E-state index contributed by atoms with van der Waals surface area (Å²) in [6, 6.07) is 9.63. The highest BCUT2D eigenvalue weighted by molar-refractivity contribution is 6.07. The lowest BCUT2D eigenvalue weighted by Crippen LogP contribution is -2.40. The van der Waals surface area contributed by atoms with Gasteiger partial charge in [0, 0.05) is 18.2 Å². The van der Waals surface area contributed by atoms with Gasteiger partial charge in [-0.2, -0.15) is 0 Å². The van der Waals surface area contributed by atoms with Crippen molar-refractivity contribution in [1.29, 1.82) is 0 Å². The Morgan fingerprint density at radius 3 is 2.87 bits per heavy atom. The van der Waals surface area contributed by atoms with Crippen molar-refractivity contribution in [1.82, 2.24) is 4.98 Å². The van der Waals surface area contributed by atoms with Crippen molar-refractivity contribution in [3.8, 4) is 0 Å². The maximum absolute atomic E-state index is 13.3. The molecule has 1 N–H and O–H groups in total. The fourth-order valence-electron chi connectivity index (χ4n) is 2.27. The third-order valence-corrected chi connectivity index (χ3v) is 3.65. The number of hydrogen-bond donors (Lipinski definition) is 1. The second-order valence-corrected chi connectivity index (χ2v) is 5.72. The van der Waals surface area contributed by atoms with Crippen LogP contribution in [0.1, 0.15) is 24.5 Å². The van der Waals surface area contributed by atoms with Crippen molar-refractivity contribution in [3.63, 3.8) is 0 Å². The lowest BCUT2D eigenvalue weighted by atomic mass is 9.95. The van der Waals surface area contributed by atoms with E-state index in [1.165, 1.54) is 12.1 Å². The molecule has 0 unspecified atom stereocenters. The van der Waals surface area contributed by atoms with E-state index in [-0.39, 0.29) is 18.1 Å². The number of rotatable bonds is 3. The molecule has 0 radical (unpaired) electrons. The Hall–Kier alpha value is -2.76. The number of aryl methyl sites for hydroxylation is 1. The number of nitrogens with one attached hydrogen (secondary N) is 1. The highest BCUT2D eigenvalue weighted by Crippen LogP contribution is 2.28. The van der Waals surface area contributed by atoms with Gasteiger partial charge in [0.05, 0.1) is 5.71 Å². The van der Waals surface area contributed by atoms with E-state index in [4.69, 9.17) is 4.84 Å². The number of benzene rings is 1. The first-order valence-electron chi connectivity index (χ1n) is 7.21. The number of amides is 1. The standard InChI is InChI=1S/C17H16FN3O2/c1-11-6-7-15(19-10-11)20-16(22)17(2)9-14(21-23-17)12-4-3-5-13(18)8-12/h3-8,10H,9H2,1-2H3,(H,19,20,22)/t17-/m0/s1. The van der Waals surface area contributed by atoms with Crippen molar-refractivity contribution in [2.75, 3.05) is 5.32 Å². The van der Waals surface area contributed by atoms with Crippen LogP contribution in [-0.4, -0.2) is 22.2 Å². The number of oxime groups is 1. The third-order valence-electron chi connectivity index (χ3n) is 3.65. The van der Waals surface area contributed by atoms with Gasteiger partial charge in [0.25, 0.3) is 5.91 Å². The molecule has 0 bridgehead atoms. The second kappa shape index (κ2) is 5.79. The van der Waals surface area contributed by atoms with Gasteiger partial charge in [0.15, 0.2) is 0 Å². The minimum atomic E-state index is -1.14. The van der Waals surface area contributed by atoms with E-state index < -0.39 is 5.60 Å².